The predicted molar refractivity (Wildman–Crippen MR) is 58.6 cm³/mol. The lowest BCUT2D eigenvalue weighted by Gasteiger charge is -2.11. The first-order valence-corrected chi connectivity index (χ1v) is 7.31. The summed E-state index contributed by atoms with van der Waals surface area (Å²) < 4.78 is 47.5. The van der Waals surface area contributed by atoms with Gasteiger partial charge in [0.25, 0.3) is 0 Å². The van der Waals surface area contributed by atoms with Gasteiger partial charge in [-0.1, -0.05) is 18.2 Å². The largest absolute Gasteiger partial charge is 0.381 e. The van der Waals surface area contributed by atoms with Crippen LogP contribution in [0.15, 0.2) is 30.3 Å². The number of nitrogens with two attached hydrogens (primary N) is 1. The molecule has 0 heterocycles. The molecule has 1 atom stereocenters. The quantitative estimate of drug-likeness (QED) is 0.773. The molecule has 1 rings (SSSR count). The number of hydrogen-bond acceptors (Lipinski definition) is 5. The van der Waals surface area contributed by atoms with Crippen LogP contribution in [0.1, 0.15) is 6.92 Å². The predicted octanol–water partition coefficient (Wildman–Crippen LogP) is 0.0297. The summed E-state index contributed by atoms with van der Waals surface area (Å²) in [6, 6.07) is 7.59. The number of primary sulfonamides is 1. The Balaban J connectivity index is 2.98. The SMILES string of the molecule is CC(S(N)(=O)=O)S(=O)(=O)Oc1ccccc1. The first kappa shape index (κ1) is 12.9. The van der Waals surface area contributed by atoms with Crippen molar-refractivity contribution in [3.63, 3.8) is 0 Å². The monoisotopic (exact) mass is 265 g/mol. The highest BCUT2D eigenvalue weighted by atomic mass is 32.3. The van der Waals surface area contributed by atoms with E-state index < -0.39 is 24.7 Å². The molecular formula is C8H11NO5S2. The molecular weight excluding hydrogens is 254 g/mol. The molecule has 90 valence electrons. The summed E-state index contributed by atoms with van der Waals surface area (Å²) in [6.45, 7) is 0.952. The van der Waals surface area contributed by atoms with E-state index in [2.05, 4.69) is 4.18 Å². The molecule has 0 aliphatic carbocycles. The zero-order valence-corrected chi connectivity index (χ0v) is 10.0. The van der Waals surface area contributed by atoms with E-state index in [-0.39, 0.29) is 5.75 Å². The molecule has 0 saturated heterocycles. The molecule has 0 aromatic heterocycles. The number of sulfonamides is 1. The van der Waals surface area contributed by atoms with Crippen molar-refractivity contribution in [2.24, 2.45) is 5.14 Å². The second-order valence-corrected chi connectivity index (χ2v) is 7.09. The van der Waals surface area contributed by atoms with Crippen molar-refractivity contribution in [1.82, 2.24) is 0 Å². The van der Waals surface area contributed by atoms with Crippen LogP contribution in [0, 0.1) is 0 Å². The van der Waals surface area contributed by atoms with Gasteiger partial charge in [0.2, 0.25) is 14.6 Å². The third-order valence-electron chi connectivity index (χ3n) is 1.82. The van der Waals surface area contributed by atoms with Gasteiger partial charge in [0.1, 0.15) is 5.75 Å². The van der Waals surface area contributed by atoms with Crippen molar-refractivity contribution in [2.75, 3.05) is 0 Å². The smallest absolute Gasteiger partial charge is 0.327 e. The Kier molecular flexibility index (Phi) is 3.56. The normalized spacial score (nSPS) is 14.4. The van der Waals surface area contributed by atoms with Crippen molar-refractivity contribution in [3.05, 3.63) is 30.3 Å². The molecule has 0 fully saturated rings. The van der Waals surface area contributed by atoms with Gasteiger partial charge in [-0.05, 0) is 19.1 Å². The number of rotatable bonds is 4. The number of hydrogen-bond donors (Lipinski definition) is 1. The van der Waals surface area contributed by atoms with E-state index in [9.17, 15) is 16.8 Å². The van der Waals surface area contributed by atoms with E-state index in [1.54, 1.807) is 18.2 Å². The average molecular weight is 265 g/mol. The van der Waals surface area contributed by atoms with E-state index in [4.69, 9.17) is 5.14 Å². The minimum Gasteiger partial charge on any atom is -0.381 e. The van der Waals surface area contributed by atoms with Crippen LogP contribution in [-0.2, 0) is 20.1 Å². The lowest BCUT2D eigenvalue weighted by atomic mass is 10.3. The van der Waals surface area contributed by atoms with Gasteiger partial charge in [-0.15, -0.1) is 0 Å². The second-order valence-electron chi connectivity index (χ2n) is 3.05. The van der Waals surface area contributed by atoms with E-state index >= 15 is 0 Å². The van der Waals surface area contributed by atoms with Crippen molar-refractivity contribution < 1.29 is 21.0 Å². The standard InChI is InChI=1S/C8H11NO5S2/c1-7(15(9,10)11)16(12,13)14-8-5-3-2-4-6-8/h2-7H,1H3,(H2,9,10,11). The van der Waals surface area contributed by atoms with Gasteiger partial charge in [0, 0.05) is 0 Å². The second kappa shape index (κ2) is 4.40. The molecule has 0 aliphatic rings. The van der Waals surface area contributed by atoms with Crippen LogP contribution in [0.25, 0.3) is 0 Å². The first-order chi connectivity index (χ1) is 7.23. The summed E-state index contributed by atoms with van der Waals surface area (Å²) in [6.07, 6.45) is 0. The Hall–Kier alpha value is -1.12. The Morgan fingerprint density at radius 2 is 1.62 bits per heavy atom. The van der Waals surface area contributed by atoms with Crippen LogP contribution < -0.4 is 9.32 Å². The maximum Gasteiger partial charge on any atom is 0.327 e. The molecule has 16 heavy (non-hydrogen) atoms. The van der Waals surface area contributed by atoms with Gasteiger partial charge in [0.15, 0.2) is 0 Å². The van der Waals surface area contributed by atoms with Gasteiger partial charge in [-0.2, -0.15) is 8.42 Å². The van der Waals surface area contributed by atoms with Crippen molar-refractivity contribution in [2.45, 2.75) is 11.5 Å². The molecule has 0 amide bonds. The van der Waals surface area contributed by atoms with E-state index in [1.165, 1.54) is 12.1 Å². The molecule has 0 radical (unpaired) electrons. The molecule has 0 aliphatic heterocycles. The molecule has 0 saturated carbocycles. The van der Waals surface area contributed by atoms with Gasteiger partial charge in [-0.25, -0.2) is 13.6 Å². The molecule has 2 N–H and O–H groups in total. The van der Waals surface area contributed by atoms with E-state index in [1.807, 2.05) is 0 Å². The third kappa shape index (κ3) is 3.19. The zero-order valence-electron chi connectivity index (χ0n) is 8.40. The Morgan fingerprint density at radius 1 is 1.12 bits per heavy atom. The van der Waals surface area contributed by atoms with Gasteiger partial charge >= 0.3 is 10.1 Å². The molecule has 1 unspecified atom stereocenters. The Labute approximate surface area is 94.2 Å². The molecule has 0 spiro atoms. The topological polar surface area (TPSA) is 104 Å². The summed E-state index contributed by atoms with van der Waals surface area (Å²) in [5.41, 5.74) is 0. The van der Waals surface area contributed by atoms with E-state index in [0.29, 0.717) is 0 Å². The van der Waals surface area contributed by atoms with Crippen LogP contribution in [0.2, 0.25) is 0 Å². The molecule has 1 aromatic carbocycles. The fourth-order valence-corrected chi connectivity index (χ4v) is 2.79. The summed E-state index contributed by atoms with van der Waals surface area (Å²) >= 11 is 0. The van der Waals surface area contributed by atoms with Gasteiger partial charge < -0.3 is 4.18 Å². The van der Waals surface area contributed by atoms with Crippen molar-refractivity contribution >= 4 is 20.1 Å². The highest BCUT2D eigenvalue weighted by molar-refractivity contribution is 8.06. The summed E-state index contributed by atoms with van der Waals surface area (Å²) in [5, 5.41) is 4.73. The minimum absolute atomic E-state index is 0.0398. The lowest BCUT2D eigenvalue weighted by Crippen LogP contribution is -2.35. The van der Waals surface area contributed by atoms with Crippen LogP contribution in [0.5, 0.6) is 5.75 Å². The number of benzene rings is 1. The maximum atomic E-state index is 11.5. The Bertz CT molecular complexity index is 549. The zero-order chi connectivity index (χ0) is 12.4. The van der Waals surface area contributed by atoms with Crippen molar-refractivity contribution in [1.29, 1.82) is 0 Å². The summed E-state index contributed by atoms with van der Waals surface area (Å²) in [5.74, 6) is 0.0398. The maximum absolute atomic E-state index is 11.5. The summed E-state index contributed by atoms with van der Waals surface area (Å²) in [7, 11) is -8.48. The minimum atomic E-state index is -4.28. The van der Waals surface area contributed by atoms with Gasteiger partial charge in [0.05, 0.1) is 0 Å². The van der Waals surface area contributed by atoms with Crippen LogP contribution in [0.3, 0.4) is 0 Å². The average Bonchev–Trinajstić information content (AvgIpc) is 2.16. The van der Waals surface area contributed by atoms with Gasteiger partial charge in [-0.3, -0.25) is 0 Å². The number of para-hydroxylation sites is 1. The lowest BCUT2D eigenvalue weighted by molar-refractivity contribution is 0.482. The molecule has 0 bridgehead atoms. The third-order valence-corrected chi connectivity index (χ3v) is 5.50. The molecule has 8 heteroatoms. The molecule has 1 aromatic rings. The highest BCUT2D eigenvalue weighted by Gasteiger charge is 2.32. The van der Waals surface area contributed by atoms with Crippen LogP contribution in [0.4, 0.5) is 0 Å². The fourth-order valence-electron chi connectivity index (χ4n) is 0.842. The first-order valence-electron chi connectivity index (χ1n) is 4.23. The van der Waals surface area contributed by atoms with Crippen LogP contribution in [-0.4, -0.2) is 21.4 Å². The van der Waals surface area contributed by atoms with Crippen molar-refractivity contribution in [3.8, 4) is 5.75 Å². The summed E-state index contributed by atoms with van der Waals surface area (Å²) in [4.78, 5) is 0. The van der Waals surface area contributed by atoms with E-state index in [0.717, 1.165) is 6.92 Å². The van der Waals surface area contributed by atoms with Crippen LogP contribution >= 0.6 is 0 Å². The fraction of sp³-hybridized carbons (Fsp3) is 0.250. The Morgan fingerprint density at radius 3 is 2.06 bits per heavy atom. The highest BCUT2D eigenvalue weighted by Crippen LogP contribution is 2.15. The molecule has 6 nitrogen and oxygen atoms in total.